The van der Waals surface area contributed by atoms with Gasteiger partial charge in [0.1, 0.15) is 5.82 Å². The van der Waals surface area contributed by atoms with Gasteiger partial charge in [0.2, 0.25) is 0 Å². The van der Waals surface area contributed by atoms with E-state index in [1.807, 2.05) is 0 Å². The van der Waals surface area contributed by atoms with Crippen LogP contribution >= 0.6 is 0 Å². The highest BCUT2D eigenvalue weighted by Crippen LogP contribution is 2.19. The Hall–Kier alpha value is -1.29. The Morgan fingerprint density at radius 1 is 1.35 bits per heavy atom. The summed E-state index contributed by atoms with van der Waals surface area (Å²) in [4.78, 5) is 2.34. The molecular weight excluding hydrogens is 217 g/mol. The maximum Gasteiger partial charge on any atom is 0.127 e. The highest BCUT2D eigenvalue weighted by atomic mass is 19.1. The average Bonchev–Trinajstić information content (AvgIpc) is 2.27. The summed E-state index contributed by atoms with van der Waals surface area (Å²) in [5.74, 6) is 0.395. The maximum atomic E-state index is 13.1. The smallest absolute Gasteiger partial charge is 0.127 e. The number of nitrogens with one attached hydrogen (secondary N) is 1. The van der Waals surface area contributed by atoms with Crippen molar-refractivity contribution in [3.05, 3.63) is 24.0 Å². The molecule has 1 aromatic rings. The van der Waals surface area contributed by atoms with Gasteiger partial charge in [-0.15, -0.1) is 0 Å². The third-order valence-electron chi connectivity index (χ3n) is 3.35. The highest BCUT2D eigenvalue weighted by Gasteiger charge is 2.16. The van der Waals surface area contributed by atoms with E-state index in [1.165, 1.54) is 25.0 Å². The molecule has 0 bridgehead atoms. The van der Waals surface area contributed by atoms with Gasteiger partial charge in [0.05, 0.1) is 0 Å². The first-order valence-corrected chi connectivity index (χ1v) is 6.12. The first-order valence-electron chi connectivity index (χ1n) is 6.12. The van der Waals surface area contributed by atoms with Crippen molar-refractivity contribution < 1.29 is 4.39 Å². The van der Waals surface area contributed by atoms with Crippen molar-refractivity contribution in [1.29, 1.82) is 0 Å². The van der Waals surface area contributed by atoms with Crippen LogP contribution in [0.3, 0.4) is 0 Å². The highest BCUT2D eigenvalue weighted by molar-refractivity contribution is 5.54. The van der Waals surface area contributed by atoms with Gasteiger partial charge in [-0.05, 0) is 57.1 Å². The van der Waals surface area contributed by atoms with E-state index in [0.717, 1.165) is 25.3 Å². The molecule has 4 heteroatoms. The summed E-state index contributed by atoms with van der Waals surface area (Å²) in [6.07, 6.45) is 2.41. The number of hydrogen-bond donors (Lipinski definition) is 2. The fourth-order valence-electron chi connectivity index (χ4n) is 2.24. The molecule has 0 saturated carbocycles. The summed E-state index contributed by atoms with van der Waals surface area (Å²) >= 11 is 0. The normalized spacial score (nSPS) is 18.2. The molecule has 0 amide bonds. The molecular formula is C13H20FN3. The number of benzene rings is 1. The fraction of sp³-hybridized carbons (Fsp3) is 0.538. The molecule has 1 aromatic carbocycles. The van der Waals surface area contributed by atoms with Gasteiger partial charge in [0.15, 0.2) is 0 Å². The van der Waals surface area contributed by atoms with Crippen molar-refractivity contribution in [3.63, 3.8) is 0 Å². The lowest BCUT2D eigenvalue weighted by atomic mass is 9.97. The van der Waals surface area contributed by atoms with E-state index >= 15 is 0 Å². The second kappa shape index (κ2) is 5.36. The molecule has 1 fully saturated rings. The van der Waals surface area contributed by atoms with Crippen LogP contribution in [0.5, 0.6) is 0 Å². The molecule has 1 heterocycles. The SMILES string of the molecule is CN1CCC(CNc2cc(N)cc(F)c2)CC1. The lowest BCUT2D eigenvalue weighted by Crippen LogP contribution is -2.32. The standard InChI is InChI=1S/C13H20FN3/c1-17-4-2-10(3-5-17)9-16-13-7-11(14)6-12(15)8-13/h6-8,10,16H,2-5,9,15H2,1H3. The third-order valence-corrected chi connectivity index (χ3v) is 3.35. The van der Waals surface area contributed by atoms with Gasteiger partial charge >= 0.3 is 0 Å². The van der Waals surface area contributed by atoms with Crippen LogP contribution in [0.25, 0.3) is 0 Å². The van der Waals surface area contributed by atoms with E-state index in [1.54, 1.807) is 6.07 Å². The van der Waals surface area contributed by atoms with Gasteiger partial charge in [-0.2, -0.15) is 0 Å². The van der Waals surface area contributed by atoms with E-state index in [4.69, 9.17) is 5.73 Å². The monoisotopic (exact) mass is 237 g/mol. The van der Waals surface area contributed by atoms with Crippen LogP contribution in [0.2, 0.25) is 0 Å². The van der Waals surface area contributed by atoms with Gasteiger partial charge in [-0.1, -0.05) is 0 Å². The minimum Gasteiger partial charge on any atom is -0.399 e. The van der Waals surface area contributed by atoms with Crippen LogP contribution in [0.15, 0.2) is 18.2 Å². The summed E-state index contributed by atoms with van der Waals surface area (Å²) in [5, 5.41) is 3.27. The molecule has 3 nitrogen and oxygen atoms in total. The maximum absolute atomic E-state index is 13.1. The summed E-state index contributed by atoms with van der Waals surface area (Å²) in [7, 11) is 2.15. The Morgan fingerprint density at radius 3 is 2.71 bits per heavy atom. The molecule has 1 aliphatic rings. The summed E-state index contributed by atoms with van der Waals surface area (Å²) in [6, 6.07) is 4.60. The van der Waals surface area contributed by atoms with E-state index in [0.29, 0.717) is 11.6 Å². The second-order valence-electron chi connectivity index (χ2n) is 4.90. The minimum atomic E-state index is -0.282. The summed E-state index contributed by atoms with van der Waals surface area (Å²) in [6.45, 7) is 3.20. The molecule has 0 radical (unpaired) electrons. The Bertz CT molecular complexity index is 353. The van der Waals surface area contributed by atoms with Crippen LogP contribution in [-0.4, -0.2) is 31.6 Å². The lowest BCUT2D eigenvalue weighted by molar-refractivity contribution is 0.226. The zero-order chi connectivity index (χ0) is 12.3. The Kier molecular flexibility index (Phi) is 3.84. The molecule has 94 valence electrons. The summed E-state index contributed by atoms with van der Waals surface area (Å²) < 4.78 is 13.1. The van der Waals surface area contributed by atoms with Crippen molar-refractivity contribution in [2.45, 2.75) is 12.8 Å². The molecule has 0 aliphatic carbocycles. The van der Waals surface area contributed by atoms with E-state index < -0.39 is 0 Å². The van der Waals surface area contributed by atoms with Crippen LogP contribution in [0.4, 0.5) is 15.8 Å². The average molecular weight is 237 g/mol. The molecule has 0 spiro atoms. The number of anilines is 2. The van der Waals surface area contributed by atoms with Crippen LogP contribution in [0.1, 0.15) is 12.8 Å². The van der Waals surface area contributed by atoms with E-state index in [-0.39, 0.29) is 5.82 Å². The van der Waals surface area contributed by atoms with Gasteiger partial charge in [-0.3, -0.25) is 0 Å². The Balaban J connectivity index is 1.85. The van der Waals surface area contributed by atoms with Gasteiger partial charge < -0.3 is 16.0 Å². The first kappa shape index (κ1) is 12.2. The number of halogens is 1. The van der Waals surface area contributed by atoms with E-state index in [2.05, 4.69) is 17.3 Å². The molecule has 1 aliphatic heterocycles. The molecule has 0 unspecified atom stereocenters. The minimum absolute atomic E-state index is 0.282. The number of nitrogens with zero attached hydrogens (tertiary/aromatic N) is 1. The first-order chi connectivity index (χ1) is 8.13. The van der Waals surface area contributed by atoms with Crippen LogP contribution in [-0.2, 0) is 0 Å². The van der Waals surface area contributed by atoms with E-state index in [9.17, 15) is 4.39 Å². The Labute approximate surface area is 102 Å². The summed E-state index contributed by atoms with van der Waals surface area (Å²) in [5.41, 5.74) is 6.85. The lowest BCUT2D eigenvalue weighted by Gasteiger charge is -2.29. The molecule has 0 atom stereocenters. The molecule has 0 aromatic heterocycles. The number of nitrogens with two attached hydrogens (primary N) is 1. The predicted molar refractivity (Wildman–Crippen MR) is 69.5 cm³/mol. The zero-order valence-electron chi connectivity index (χ0n) is 10.2. The van der Waals surface area contributed by atoms with Gasteiger partial charge in [0.25, 0.3) is 0 Å². The van der Waals surface area contributed by atoms with Crippen molar-refractivity contribution >= 4 is 11.4 Å². The Morgan fingerprint density at radius 2 is 2.06 bits per heavy atom. The van der Waals surface area contributed by atoms with Gasteiger partial charge in [0, 0.05) is 17.9 Å². The number of hydrogen-bond acceptors (Lipinski definition) is 3. The second-order valence-corrected chi connectivity index (χ2v) is 4.90. The molecule has 17 heavy (non-hydrogen) atoms. The zero-order valence-corrected chi connectivity index (χ0v) is 10.2. The molecule has 3 N–H and O–H groups in total. The van der Waals surface area contributed by atoms with Crippen molar-refractivity contribution in [2.24, 2.45) is 5.92 Å². The quantitative estimate of drug-likeness (QED) is 0.792. The van der Waals surface area contributed by atoms with Crippen molar-refractivity contribution in [3.8, 4) is 0 Å². The number of rotatable bonds is 3. The molecule has 2 rings (SSSR count). The van der Waals surface area contributed by atoms with Crippen LogP contribution in [0, 0.1) is 11.7 Å². The fourth-order valence-corrected chi connectivity index (χ4v) is 2.24. The van der Waals surface area contributed by atoms with Crippen LogP contribution < -0.4 is 11.1 Å². The number of likely N-dealkylation sites (tertiary alicyclic amines) is 1. The topological polar surface area (TPSA) is 41.3 Å². The predicted octanol–water partition coefficient (Wildman–Crippen LogP) is 2.16. The third kappa shape index (κ3) is 3.60. The molecule has 1 saturated heterocycles. The number of nitrogen functional groups attached to an aromatic ring is 1. The van der Waals surface area contributed by atoms with Crippen molar-refractivity contribution in [1.82, 2.24) is 4.90 Å². The largest absolute Gasteiger partial charge is 0.399 e. The van der Waals surface area contributed by atoms with Crippen molar-refractivity contribution in [2.75, 3.05) is 37.7 Å². The number of piperidine rings is 1. The van der Waals surface area contributed by atoms with Gasteiger partial charge in [-0.25, -0.2) is 4.39 Å².